The summed E-state index contributed by atoms with van der Waals surface area (Å²) < 4.78 is 11.7. The van der Waals surface area contributed by atoms with Gasteiger partial charge in [-0.25, -0.2) is 0 Å². The highest BCUT2D eigenvalue weighted by Crippen LogP contribution is 2.37. The van der Waals surface area contributed by atoms with Crippen molar-refractivity contribution in [2.75, 3.05) is 14.1 Å². The van der Waals surface area contributed by atoms with Crippen molar-refractivity contribution in [3.05, 3.63) is 167 Å². The van der Waals surface area contributed by atoms with Crippen molar-refractivity contribution in [2.45, 2.75) is 20.3 Å². The minimum absolute atomic E-state index is 0.336. The summed E-state index contributed by atoms with van der Waals surface area (Å²) >= 11 is 0. The molecule has 8 nitrogen and oxygen atoms in total. The van der Waals surface area contributed by atoms with Gasteiger partial charge in [0.25, 0.3) is 23.6 Å². The molecule has 6 aromatic carbocycles. The monoisotopic (exact) mass is 676 g/mol. The first-order valence-corrected chi connectivity index (χ1v) is 16.7. The Kier molecular flexibility index (Phi) is 10.0. The summed E-state index contributed by atoms with van der Waals surface area (Å²) in [6.07, 6.45) is 0.872. The number of amides is 4. The Morgan fingerprint density at radius 3 is 0.961 bits per heavy atom. The average Bonchev–Trinajstić information content (AvgIpc) is 3.18. The number of imide groups is 2. The Bertz CT molecular complexity index is 2000. The van der Waals surface area contributed by atoms with Crippen LogP contribution in [0.1, 0.15) is 66.4 Å². The van der Waals surface area contributed by atoms with Crippen LogP contribution in [0.5, 0.6) is 23.0 Å². The Hall–Kier alpha value is -6.54. The predicted octanol–water partition coefficient (Wildman–Crippen LogP) is 9.18. The number of para-hydroxylation sites is 2. The SMILES string of the molecule is CC.CN1C(=O)c2ccc3c4c(ccc(c24)C1=O)C(=O)N(C)C3=O.c1ccc(Oc2ccc(Cc3ccc(Oc4ccccc4)cc3)cc2)cc1. The van der Waals surface area contributed by atoms with Gasteiger partial charge in [0.15, 0.2) is 0 Å². The molecule has 0 fully saturated rings. The van der Waals surface area contributed by atoms with Crippen molar-refractivity contribution in [1.82, 2.24) is 9.80 Å². The third-order valence-electron chi connectivity index (χ3n) is 8.51. The second-order valence-corrected chi connectivity index (χ2v) is 11.7. The summed E-state index contributed by atoms with van der Waals surface area (Å²) in [5.41, 5.74) is 3.83. The zero-order valence-electron chi connectivity index (χ0n) is 28.8. The van der Waals surface area contributed by atoms with Crippen molar-refractivity contribution in [3.8, 4) is 23.0 Å². The number of rotatable bonds is 6. The molecule has 0 aliphatic carbocycles. The van der Waals surface area contributed by atoms with Gasteiger partial charge in [0.05, 0.1) is 0 Å². The molecule has 2 aliphatic rings. The average molecular weight is 677 g/mol. The van der Waals surface area contributed by atoms with Crippen molar-refractivity contribution in [1.29, 1.82) is 0 Å². The van der Waals surface area contributed by atoms with Crippen LogP contribution < -0.4 is 9.47 Å². The molecule has 51 heavy (non-hydrogen) atoms. The number of carbonyl (C=O) groups excluding carboxylic acids is 4. The Morgan fingerprint density at radius 2 is 0.667 bits per heavy atom. The molecular weight excluding hydrogens is 640 g/mol. The van der Waals surface area contributed by atoms with Gasteiger partial charge in [-0.1, -0.05) is 74.5 Å². The van der Waals surface area contributed by atoms with Crippen molar-refractivity contribution in [2.24, 2.45) is 0 Å². The quantitative estimate of drug-likeness (QED) is 0.163. The molecule has 0 atom stereocenters. The summed E-state index contributed by atoms with van der Waals surface area (Å²) in [6, 6.07) is 42.2. The van der Waals surface area contributed by atoms with E-state index in [9.17, 15) is 19.2 Å². The standard InChI is InChI=1S/C25H20O2.C16H10N2O4.C2H6/c1-3-7-22(8-4-1)26-24-15-11-20(12-16-24)19-21-13-17-25(18-14-21)27-23-9-5-2-6-10-23;1-17-13(19)7-3-5-9-12-10(16(22)18(2)15(9)21)6-4-8(11(7)12)14(17)20;1-2/h1-18H,19H2;3-6H,1-2H3;1-2H3. The number of benzene rings is 6. The van der Waals surface area contributed by atoms with Crippen LogP contribution in [0.3, 0.4) is 0 Å². The molecule has 0 unspecified atom stereocenters. The summed E-state index contributed by atoms with van der Waals surface area (Å²) in [4.78, 5) is 51.3. The van der Waals surface area contributed by atoms with E-state index in [0.717, 1.165) is 39.2 Å². The van der Waals surface area contributed by atoms with Crippen LogP contribution in [0.25, 0.3) is 10.8 Å². The topological polar surface area (TPSA) is 93.2 Å². The van der Waals surface area contributed by atoms with Crippen molar-refractivity contribution in [3.63, 3.8) is 0 Å². The van der Waals surface area contributed by atoms with Gasteiger partial charge in [0, 0.05) is 47.1 Å². The highest BCUT2D eigenvalue weighted by molar-refractivity contribution is 6.33. The first-order chi connectivity index (χ1) is 24.8. The van der Waals surface area contributed by atoms with Gasteiger partial charge in [-0.3, -0.25) is 29.0 Å². The molecule has 0 N–H and O–H groups in total. The number of nitrogens with zero attached hydrogens (tertiary/aromatic N) is 2. The molecule has 254 valence electrons. The Morgan fingerprint density at radius 1 is 0.392 bits per heavy atom. The van der Waals surface area contributed by atoms with E-state index in [4.69, 9.17) is 9.47 Å². The fourth-order valence-corrected chi connectivity index (χ4v) is 5.95. The maximum absolute atomic E-state index is 12.3. The first-order valence-electron chi connectivity index (χ1n) is 16.7. The van der Waals surface area contributed by atoms with E-state index in [1.807, 2.05) is 98.8 Å². The van der Waals surface area contributed by atoms with E-state index in [-0.39, 0.29) is 0 Å². The molecule has 0 bridgehead atoms. The normalized spacial score (nSPS) is 12.9. The van der Waals surface area contributed by atoms with E-state index in [0.29, 0.717) is 33.0 Å². The molecule has 6 aromatic rings. The number of hydrogen-bond acceptors (Lipinski definition) is 6. The highest BCUT2D eigenvalue weighted by Gasteiger charge is 2.37. The predicted molar refractivity (Wildman–Crippen MR) is 197 cm³/mol. The van der Waals surface area contributed by atoms with Crippen LogP contribution in [0, 0.1) is 0 Å². The van der Waals surface area contributed by atoms with Crippen LogP contribution in [-0.2, 0) is 6.42 Å². The van der Waals surface area contributed by atoms with Gasteiger partial charge < -0.3 is 9.47 Å². The lowest BCUT2D eigenvalue weighted by Crippen LogP contribution is -2.40. The number of carbonyl (C=O) groups is 4. The highest BCUT2D eigenvalue weighted by atomic mass is 16.5. The molecule has 0 saturated heterocycles. The lowest BCUT2D eigenvalue weighted by atomic mass is 9.86. The molecular formula is C43H36N2O6. The zero-order chi connectivity index (χ0) is 36.1. The molecule has 4 amide bonds. The van der Waals surface area contributed by atoms with Crippen LogP contribution in [0.2, 0.25) is 0 Å². The smallest absolute Gasteiger partial charge is 0.261 e. The molecule has 2 aliphatic heterocycles. The summed E-state index contributed by atoms with van der Waals surface area (Å²) in [5.74, 6) is 1.66. The van der Waals surface area contributed by atoms with Crippen molar-refractivity contribution < 1.29 is 28.7 Å². The van der Waals surface area contributed by atoms with Crippen molar-refractivity contribution >= 4 is 34.4 Å². The van der Waals surface area contributed by atoms with Gasteiger partial charge in [-0.05, 0) is 90.3 Å². The first kappa shape index (κ1) is 34.3. The molecule has 0 saturated carbocycles. The lowest BCUT2D eigenvalue weighted by Gasteiger charge is -2.29. The molecule has 0 aromatic heterocycles. The van der Waals surface area contributed by atoms with Gasteiger partial charge in [0.1, 0.15) is 23.0 Å². The van der Waals surface area contributed by atoms with Gasteiger partial charge in [0.2, 0.25) is 0 Å². The van der Waals surface area contributed by atoms with Gasteiger partial charge in [-0.15, -0.1) is 0 Å². The molecule has 0 radical (unpaired) electrons. The van der Waals surface area contributed by atoms with Crippen LogP contribution >= 0.6 is 0 Å². The van der Waals surface area contributed by atoms with Gasteiger partial charge in [-0.2, -0.15) is 0 Å². The minimum Gasteiger partial charge on any atom is -0.457 e. The summed E-state index contributed by atoms with van der Waals surface area (Å²) in [5, 5.41) is 0.802. The fraction of sp³-hybridized carbons (Fsp3) is 0.116. The molecule has 2 heterocycles. The third kappa shape index (κ3) is 6.98. The third-order valence-corrected chi connectivity index (χ3v) is 8.51. The number of hydrogen-bond donors (Lipinski definition) is 0. The van der Waals surface area contributed by atoms with Gasteiger partial charge >= 0.3 is 0 Å². The zero-order valence-corrected chi connectivity index (χ0v) is 28.8. The summed E-state index contributed by atoms with van der Waals surface area (Å²) in [6.45, 7) is 4.00. The van der Waals surface area contributed by atoms with E-state index in [1.165, 1.54) is 49.5 Å². The largest absolute Gasteiger partial charge is 0.457 e. The summed E-state index contributed by atoms with van der Waals surface area (Å²) in [7, 11) is 2.83. The number of ether oxygens (including phenoxy) is 2. The Labute approximate surface area is 296 Å². The second-order valence-electron chi connectivity index (χ2n) is 11.7. The second kappa shape index (κ2) is 14.9. The van der Waals surface area contributed by atoms with E-state index < -0.39 is 23.6 Å². The van der Waals surface area contributed by atoms with Crippen LogP contribution in [0.15, 0.2) is 133 Å². The maximum Gasteiger partial charge on any atom is 0.261 e. The minimum atomic E-state index is -0.431. The fourth-order valence-electron chi connectivity index (χ4n) is 5.95. The maximum atomic E-state index is 12.3. The Balaban J connectivity index is 0.000000171. The van der Waals surface area contributed by atoms with E-state index in [1.54, 1.807) is 0 Å². The lowest BCUT2D eigenvalue weighted by molar-refractivity contribution is 0.0629. The van der Waals surface area contributed by atoms with Crippen LogP contribution in [0.4, 0.5) is 0 Å². The molecule has 8 heteroatoms. The van der Waals surface area contributed by atoms with E-state index >= 15 is 0 Å². The molecule has 0 spiro atoms. The van der Waals surface area contributed by atoms with E-state index in [2.05, 4.69) is 24.3 Å². The molecule has 8 rings (SSSR count). The van der Waals surface area contributed by atoms with Crippen LogP contribution in [-0.4, -0.2) is 47.5 Å².